The zero-order chi connectivity index (χ0) is 21.5. The Morgan fingerprint density at radius 3 is 2.71 bits per heavy atom. The highest BCUT2D eigenvalue weighted by atomic mass is 16.1. The number of rotatable bonds is 6. The Balaban J connectivity index is 1.30. The largest absolute Gasteiger partial charge is 0.312 e. The predicted molar refractivity (Wildman–Crippen MR) is 116 cm³/mol. The van der Waals surface area contributed by atoms with E-state index in [1.54, 1.807) is 4.68 Å². The molecule has 164 valence electrons. The Kier molecular flexibility index (Phi) is 5.23. The molecule has 0 aliphatic carbocycles. The van der Waals surface area contributed by atoms with Crippen molar-refractivity contribution in [2.75, 3.05) is 20.1 Å². The number of aryl methyl sites for hydroxylation is 2. The molecule has 2 bridgehead atoms. The molecule has 9 nitrogen and oxygen atoms in total. The zero-order valence-corrected chi connectivity index (χ0v) is 18.5. The second-order valence-electron chi connectivity index (χ2n) is 9.27. The van der Waals surface area contributed by atoms with E-state index in [2.05, 4.69) is 38.3 Å². The number of fused-ring (bicyclic) bond motifs is 4. The van der Waals surface area contributed by atoms with Crippen molar-refractivity contribution in [3.8, 4) is 0 Å². The maximum Gasteiger partial charge on any atom is 0.255 e. The number of nitrogens with zero attached hydrogens (tertiary/aromatic N) is 8. The van der Waals surface area contributed by atoms with Crippen molar-refractivity contribution in [2.45, 2.75) is 38.5 Å². The second-order valence-corrected chi connectivity index (χ2v) is 9.27. The second kappa shape index (κ2) is 8.05. The molecule has 0 aromatic carbocycles. The highest BCUT2D eigenvalue weighted by Crippen LogP contribution is 2.35. The van der Waals surface area contributed by atoms with Gasteiger partial charge >= 0.3 is 0 Å². The van der Waals surface area contributed by atoms with Crippen LogP contribution in [0.2, 0.25) is 0 Å². The molecule has 2 aliphatic rings. The minimum absolute atomic E-state index is 0.174. The van der Waals surface area contributed by atoms with E-state index < -0.39 is 0 Å². The van der Waals surface area contributed by atoms with Crippen LogP contribution in [0.15, 0.2) is 35.5 Å². The van der Waals surface area contributed by atoms with Crippen LogP contribution in [0.1, 0.15) is 34.9 Å². The molecule has 5 rings (SSSR count). The van der Waals surface area contributed by atoms with Crippen LogP contribution in [0.5, 0.6) is 0 Å². The summed E-state index contributed by atoms with van der Waals surface area (Å²) in [4.78, 5) is 17.9. The fourth-order valence-electron chi connectivity index (χ4n) is 5.25. The van der Waals surface area contributed by atoms with Gasteiger partial charge in [0.05, 0.1) is 11.9 Å². The van der Waals surface area contributed by atoms with E-state index in [-0.39, 0.29) is 5.56 Å². The molecule has 0 spiro atoms. The smallest absolute Gasteiger partial charge is 0.255 e. The third-order valence-corrected chi connectivity index (χ3v) is 6.45. The van der Waals surface area contributed by atoms with Crippen LogP contribution in [0.3, 0.4) is 0 Å². The van der Waals surface area contributed by atoms with Crippen LogP contribution in [0.4, 0.5) is 0 Å². The van der Waals surface area contributed by atoms with Gasteiger partial charge in [-0.2, -0.15) is 5.10 Å². The van der Waals surface area contributed by atoms with E-state index >= 15 is 0 Å². The van der Waals surface area contributed by atoms with Crippen LogP contribution < -0.4 is 5.56 Å². The fraction of sp³-hybridized carbons (Fsp3) is 0.545. The van der Waals surface area contributed by atoms with Gasteiger partial charge in [-0.15, -0.1) is 5.10 Å². The molecule has 1 fully saturated rings. The monoisotopic (exact) mass is 422 g/mol. The molecule has 3 aromatic heterocycles. The maximum atomic E-state index is 13.3. The van der Waals surface area contributed by atoms with Crippen LogP contribution in [0, 0.1) is 5.92 Å². The molecular weight excluding hydrogens is 392 g/mol. The third-order valence-electron chi connectivity index (χ3n) is 6.45. The SMILES string of the molecule is CN(Cc1cnn(C)c1)Cc1ccc2n(c1=O)C[C@H]1C[C@@H]2CN(Cc2cn(C)nn2)C1. The first-order chi connectivity index (χ1) is 14.9. The van der Waals surface area contributed by atoms with E-state index in [9.17, 15) is 4.79 Å². The van der Waals surface area contributed by atoms with Gasteiger partial charge in [-0.25, -0.2) is 0 Å². The van der Waals surface area contributed by atoms with E-state index in [1.807, 2.05) is 48.0 Å². The van der Waals surface area contributed by atoms with Crippen molar-refractivity contribution >= 4 is 0 Å². The van der Waals surface area contributed by atoms with Crippen LogP contribution in [0.25, 0.3) is 0 Å². The first-order valence-electron chi connectivity index (χ1n) is 10.9. The Morgan fingerprint density at radius 2 is 1.97 bits per heavy atom. The summed E-state index contributed by atoms with van der Waals surface area (Å²) in [6.45, 7) is 5.01. The molecular formula is C22H30N8O. The summed E-state index contributed by atoms with van der Waals surface area (Å²) in [6.07, 6.45) is 7.04. The molecule has 0 N–H and O–H groups in total. The topological polar surface area (TPSA) is 77.0 Å². The Bertz CT molecular complexity index is 1130. The molecule has 3 aromatic rings. The van der Waals surface area contributed by atoms with E-state index in [1.165, 1.54) is 5.69 Å². The number of pyridine rings is 1. The van der Waals surface area contributed by atoms with E-state index in [0.717, 1.165) is 56.0 Å². The van der Waals surface area contributed by atoms with Gasteiger partial charge < -0.3 is 4.57 Å². The molecule has 31 heavy (non-hydrogen) atoms. The van der Waals surface area contributed by atoms with Crippen molar-refractivity contribution in [1.82, 2.24) is 39.1 Å². The van der Waals surface area contributed by atoms with Gasteiger partial charge in [0.15, 0.2) is 0 Å². The van der Waals surface area contributed by atoms with Crippen molar-refractivity contribution in [2.24, 2.45) is 20.0 Å². The van der Waals surface area contributed by atoms with Gasteiger partial charge in [0.2, 0.25) is 0 Å². The average Bonchev–Trinajstić information content (AvgIpc) is 3.32. The van der Waals surface area contributed by atoms with E-state index in [4.69, 9.17) is 0 Å². The maximum absolute atomic E-state index is 13.3. The summed E-state index contributed by atoms with van der Waals surface area (Å²) in [5.41, 5.74) is 4.38. The number of likely N-dealkylation sites (tertiary alicyclic amines) is 1. The number of aromatic nitrogens is 6. The first-order valence-corrected chi connectivity index (χ1v) is 10.9. The third kappa shape index (κ3) is 4.20. The lowest BCUT2D eigenvalue weighted by Crippen LogP contribution is -2.47. The van der Waals surface area contributed by atoms with Crippen molar-refractivity contribution in [3.63, 3.8) is 0 Å². The lowest BCUT2D eigenvalue weighted by atomic mass is 9.83. The molecule has 9 heteroatoms. The highest BCUT2D eigenvalue weighted by molar-refractivity contribution is 5.22. The number of piperidine rings is 1. The molecule has 5 heterocycles. The minimum Gasteiger partial charge on any atom is -0.312 e. The van der Waals surface area contributed by atoms with Crippen molar-refractivity contribution < 1.29 is 0 Å². The van der Waals surface area contributed by atoms with Gasteiger partial charge in [-0.3, -0.25) is 24.0 Å². The highest BCUT2D eigenvalue weighted by Gasteiger charge is 2.35. The van der Waals surface area contributed by atoms with Crippen LogP contribution >= 0.6 is 0 Å². The Morgan fingerprint density at radius 1 is 1.10 bits per heavy atom. The molecule has 0 unspecified atom stereocenters. The normalized spacial score (nSPS) is 20.9. The standard InChI is InChI=1S/C22H30N8O/c1-26(8-17-7-23-27(2)9-17)12-18-4-5-21-19-6-16(11-30(21)22(18)31)10-29(13-19)15-20-14-28(3)25-24-20/h4-5,7,9,14,16,19H,6,8,10-13,15H2,1-3H3/t16-,19+/m0/s1. The summed E-state index contributed by atoms with van der Waals surface area (Å²) >= 11 is 0. The van der Waals surface area contributed by atoms with Gasteiger partial charge in [0, 0.05) is 88.5 Å². The Labute approximate surface area is 181 Å². The van der Waals surface area contributed by atoms with Gasteiger partial charge in [0.1, 0.15) is 0 Å². The summed E-state index contributed by atoms with van der Waals surface area (Å²) in [5.74, 6) is 0.906. The molecule has 0 saturated carbocycles. The van der Waals surface area contributed by atoms with Crippen LogP contribution in [-0.4, -0.2) is 59.3 Å². The molecule has 0 radical (unpaired) electrons. The average molecular weight is 423 g/mol. The summed E-state index contributed by atoms with van der Waals surface area (Å²) in [7, 11) is 5.87. The van der Waals surface area contributed by atoms with Gasteiger partial charge in [0.25, 0.3) is 5.56 Å². The summed E-state index contributed by atoms with van der Waals surface area (Å²) in [5, 5.41) is 12.5. The zero-order valence-electron chi connectivity index (χ0n) is 18.5. The first kappa shape index (κ1) is 20.1. The van der Waals surface area contributed by atoms with Crippen LogP contribution in [-0.2, 0) is 40.3 Å². The quantitative estimate of drug-likeness (QED) is 0.589. The van der Waals surface area contributed by atoms with Gasteiger partial charge in [-0.1, -0.05) is 11.3 Å². The number of hydrogen-bond donors (Lipinski definition) is 0. The van der Waals surface area contributed by atoms with Crippen molar-refractivity contribution in [1.29, 1.82) is 0 Å². The predicted octanol–water partition coefficient (Wildman–Crippen LogP) is 0.962. The number of hydrogen-bond acceptors (Lipinski definition) is 6. The molecule has 2 atom stereocenters. The fourth-order valence-corrected chi connectivity index (χ4v) is 5.25. The molecule has 1 saturated heterocycles. The lowest BCUT2D eigenvalue weighted by Gasteiger charge is -2.42. The van der Waals surface area contributed by atoms with Gasteiger partial charge in [-0.05, 0) is 25.5 Å². The molecule has 0 amide bonds. The molecule has 2 aliphatic heterocycles. The minimum atomic E-state index is 0.174. The van der Waals surface area contributed by atoms with E-state index in [0.29, 0.717) is 18.4 Å². The van der Waals surface area contributed by atoms with Crippen molar-refractivity contribution in [3.05, 3.63) is 63.6 Å². The Hall–Kier alpha value is -2.78. The summed E-state index contributed by atoms with van der Waals surface area (Å²) < 4.78 is 5.61. The lowest BCUT2D eigenvalue weighted by molar-refractivity contribution is 0.113. The summed E-state index contributed by atoms with van der Waals surface area (Å²) in [6, 6.07) is 4.22.